The van der Waals surface area contributed by atoms with E-state index in [1.165, 1.54) is 18.4 Å². The van der Waals surface area contributed by atoms with Crippen molar-refractivity contribution in [3.63, 3.8) is 0 Å². The number of aryl methyl sites for hydroxylation is 1. The number of nitrogens with zero attached hydrogens (tertiary/aromatic N) is 1. The van der Waals surface area contributed by atoms with E-state index in [4.69, 9.17) is 4.74 Å². The molecular formula is C17H28N2O4S. The number of ether oxygens (including phenoxy) is 1. The van der Waals surface area contributed by atoms with Gasteiger partial charge in [0.1, 0.15) is 0 Å². The molecule has 1 rings (SSSR count). The largest absolute Gasteiger partial charge is 0.379 e. The molecule has 0 bridgehead atoms. The molecule has 0 unspecified atom stereocenters. The Bertz CT molecular complexity index is 610. The van der Waals surface area contributed by atoms with Crippen LogP contribution in [-0.2, 0) is 26.0 Å². The second kappa shape index (κ2) is 9.76. The second-order valence-corrected chi connectivity index (χ2v) is 8.21. The Labute approximate surface area is 145 Å². The number of amides is 1. The SMILES string of the molecule is CC(C)OCCCNC(=O)CCc1ccc(S(=O)(=O)N(C)C)cc1. The van der Waals surface area contributed by atoms with E-state index in [9.17, 15) is 13.2 Å². The highest BCUT2D eigenvalue weighted by Crippen LogP contribution is 2.14. The Morgan fingerprint density at radius 1 is 1.21 bits per heavy atom. The summed E-state index contributed by atoms with van der Waals surface area (Å²) in [5, 5.41) is 2.86. The van der Waals surface area contributed by atoms with Crippen molar-refractivity contribution in [2.75, 3.05) is 27.2 Å². The van der Waals surface area contributed by atoms with Crippen LogP contribution in [0.25, 0.3) is 0 Å². The van der Waals surface area contributed by atoms with Gasteiger partial charge in [-0.05, 0) is 44.4 Å². The summed E-state index contributed by atoms with van der Waals surface area (Å²) in [6, 6.07) is 6.65. The third-order valence-electron chi connectivity index (χ3n) is 3.44. The number of hydrogen-bond donors (Lipinski definition) is 1. The first kappa shape index (κ1) is 20.6. The zero-order chi connectivity index (χ0) is 18.2. The third-order valence-corrected chi connectivity index (χ3v) is 5.27. The van der Waals surface area contributed by atoms with E-state index in [1.54, 1.807) is 24.3 Å². The summed E-state index contributed by atoms with van der Waals surface area (Å²) < 4.78 is 30.5. The molecular weight excluding hydrogens is 328 g/mol. The minimum atomic E-state index is -3.41. The van der Waals surface area contributed by atoms with E-state index in [0.717, 1.165) is 12.0 Å². The van der Waals surface area contributed by atoms with Crippen molar-refractivity contribution in [1.29, 1.82) is 0 Å². The van der Waals surface area contributed by atoms with Gasteiger partial charge in [0.15, 0.2) is 0 Å². The van der Waals surface area contributed by atoms with E-state index in [-0.39, 0.29) is 16.9 Å². The second-order valence-electron chi connectivity index (χ2n) is 6.05. The van der Waals surface area contributed by atoms with E-state index < -0.39 is 10.0 Å². The fourth-order valence-corrected chi connectivity index (χ4v) is 2.91. The van der Waals surface area contributed by atoms with Crippen LogP contribution in [-0.4, -0.2) is 52.0 Å². The predicted octanol–water partition coefficient (Wildman–Crippen LogP) is 1.80. The van der Waals surface area contributed by atoms with Crippen molar-refractivity contribution >= 4 is 15.9 Å². The molecule has 0 aromatic heterocycles. The predicted molar refractivity (Wildman–Crippen MR) is 94.4 cm³/mol. The molecule has 0 aliphatic heterocycles. The lowest BCUT2D eigenvalue weighted by Crippen LogP contribution is -2.25. The fraction of sp³-hybridized carbons (Fsp3) is 0.588. The fourth-order valence-electron chi connectivity index (χ4n) is 2.00. The van der Waals surface area contributed by atoms with Crippen LogP contribution >= 0.6 is 0 Å². The minimum Gasteiger partial charge on any atom is -0.379 e. The number of nitrogens with one attached hydrogen (secondary N) is 1. The standard InChI is InChI=1S/C17H28N2O4S/c1-14(2)23-13-5-12-18-17(20)11-8-15-6-9-16(10-7-15)24(21,22)19(3)4/h6-7,9-10,14H,5,8,11-13H2,1-4H3,(H,18,20). The Balaban J connectivity index is 2.36. The van der Waals surface area contributed by atoms with Gasteiger partial charge >= 0.3 is 0 Å². The molecule has 0 heterocycles. The first-order valence-electron chi connectivity index (χ1n) is 8.13. The maximum Gasteiger partial charge on any atom is 0.242 e. The van der Waals surface area contributed by atoms with Crippen LogP contribution in [0.4, 0.5) is 0 Å². The summed E-state index contributed by atoms with van der Waals surface area (Å²) in [5.74, 6) is -0.00969. The monoisotopic (exact) mass is 356 g/mol. The number of carbonyl (C=O) groups is 1. The number of benzene rings is 1. The maximum absolute atomic E-state index is 12.0. The van der Waals surface area contributed by atoms with Gasteiger partial charge < -0.3 is 10.1 Å². The zero-order valence-corrected chi connectivity index (χ0v) is 15.7. The molecule has 0 aliphatic rings. The van der Waals surface area contributed by atoms with Crippen molar-refractivity contribution in [3.05, 3.63) is 29.8 Å². The summed E-state index contributed by atoms with van der Waals surface area (Å²) in [5.41, 5.74) is 0.936. The smallest absolute Gasteiger partial charge is 0.242 e. The highest BCUT2D eigenvalue weighted by atomic mass is 32.2. The molecule has 0 saturated heterocycles. The molecule has 136 valence electrons. The van der Waals surface area contributed by atoms with Gasteiger partial charge in [-0.15, -0.1) is 0 Å². The molecule has 0 radical (unpaired) electrons. The van der Waals surface area contributed by atoms with Gasteiger partial charge in [-0.1, -0.05) is 12.1 Å². The number of sulfonamides is 1. The van der Waals surface area contributed by atoms with Gasteiger partial charge in [-0.25, -0.2) is 12.7 Å². The molecule has 24 heavy (non-hydrogen) atoms. The summed E-state index contributed by atoms with van der Waals surface area (Å²) >= 11 is 0. The van der Waals surface area contributed by atoms with Gasteiger partial charge in [-0.2, -0.15) is 0 Å². The zero-order valence-electron chi connectivity index (χ0n) is 14.9. The van der Waals surface area contributed by atoms with E-state index in [0.29, 0.717) is 26.0 Å². The molecule has 0 spiro atoms. The molecule has 6 nitrogen and oxygen atoms in total. The van der Waals surface area contributed by atoms with Crippen molar-refractivity contribution < 1.29 is 17.9 Å². The van der Waals surface area contributed by atoms with Gasteiger partial charge in [0.2, 0.25) is 15.9 Å². The van der Waals surface area contributed by atoms with Gasteiger partial charge in [0, 0.05) is 33.7 Å². The quantitative estimate of drug-likeness (QED) is 0.649. The van der Waals surface area contributed by atoms with Gasteiger partial charge in [-0.3, -0.25) is 4.79 Å². The summed E-state index contributed by atoms with van der Waals surface area (Å²) in [6.45, 7) is 5.20. The average molecular weight is 356 g/mol. The topological polar surface area (TPSA) is 75.7 Å². The maximum atomic E-state index is 12.0. The molecule has 0 atom stereocenters. The Kier molecular flexibility index (Phi) is 8.38. The van der Waals surface area contributed by atoms with Gasteiger partial charge in [0.25, 0.3) is 0 Å². The molecule has 1 N–H and O–H groups in total. The van der Waals surface area contributed by atoms with Crippen LogP contribution in [0.5, 0.6) is 0 Å². The molecule has 0 fully saturated rings. The highest BCUT2D eigenvalue weighted by Gasteiger charge is 2.16. The van der Waals surface area contributed by atoms with E-state index >= 15 is 0 Å². The lowest BCUT2D eigenvalue weighted by atomic mass is 10.1. The molecule has 1 amide bonds. The van der Waals surface area contributed by atoms with Crippen LogP contribution in [0.15, 0.2) is 29.2 Å². The van der Waals surface area contributed by atoms with E-state index in [1.807, 2.05) is 13.8 Å². The number of hydrogen-bond acceptors (Lipinski definition) is 4. The molecule has 1 aromatic carbocycles. The summed E-state index contributed by atoms with van der Waals surface area (Å²) in [4.78, 5) is 12.0. The van der Waals surface area contributed by atoms with E-state index in [2.05, 4.69) is 5.32 Å². The average Bonchev–Trinajstić information content (AvgIpc) is 2.52. The lowest BCUT2D eigenvalue weighted by molar-refractivity contribution is -0.121. The molecule has 1 aromatic rings. The number of rotatable bonds is 10. The first-order valence-corrected chi connectivity index (χ1v) is 9.57. The van der Waals surface area contributed by atoms with Crippen molar-refractivity contribution in [3.8, 4) is 0 Å². The normalized spacial score (nSPS) is 11.9. The Morgan fingerprint density at radius 2 is 1.83 bits per heavy atom. The highest BCUT2D eigenvalue weighted by molar-refractivity contribution is 7.89. The lowest BCUT2D eigenvalue weighted by Gasteiger charge is -2.11. The van der Waals surface area contributed by atoms with Crippen molar-refractivity contribution in [2.24, 2.45) is 0 Å². The minimum absolute atomic E-state index is 0.00969. The Morgan fingerprint density at radius 3 is 2.38 bits per heavy atom. The van der Waals surface area contributed by atoms with Crippen molar-refractivity contribution in [2.45, 2.75) is 44.1 Å². The Hall–Kier alpha value is -1.44. The molecule has 0 aliphatic carbocycles. The van der Waals surface area contributed by atoms with Gasteiger partial charge in [0.05, 0.1) is 11.0 Å². The number of carbonyl (C=O) groups excluding carboxylic acids is 1. The summed E-state index contributed by atoms with van der Waals surface area (Å²) in [7, 11) is -0.407. The van der Waals surface area contributed by atoms with Crippen molar-refractivity contribution in [1.82, 2.24) is 9.62 Å². The third kappa shape index (κ3) is 6.98. The molecule has 0 saturated carbocycles. The van der Waals surface area contributed by atoms with Crippen LogP contribution in [0.1, 0.15) is 32.3 Å². The van der Waals surface area contributed by atoms with Crippen LogP contribution < -0.4 is 5.32 Å². The van der Waals surface area contributed by atoms with Crippen LogP contribution in [0, 0.1) is 0 Å². The van der Waals surface area contributed by atoms with Crippen LogP contribution in [0.2, 0.25) is 0 Å². The van der Waals surface area contributed by atoms with Crippen LogP contribution in [0.3, 0.4) is 0 Å². The first-order chi connectivity index (χ1) is 11.2. The summed E-state index contributed by atoms with van der Waals surface area (Å²) in [6.07, 6.45) is 1.96. The molecule has 7 heteroatoms.